The number of furan rings is 1. The first-order chi connectivity index (χ1) is 16.9. The molecule has 0 atom stereocenters. The molecule has 0 spiro atoms. The summed E-state index contributed by atoms with van der Waals surface area (Å²) in [5.41, 5.74) is 6.38. The summed E-state index contributed by atoms with van der Waals surface area (Å²) < 4.78 is 11.8. The van der Waals surface area contributed by atoms with E-state index in [4.69, 9.17) is 9.15 Å². The van der Waals surface area contributed by atoms with Gasteiger partial charge in [0.1, 0.15) is 17.2 Å². The number of ether oxygens (including phenoxy) is 1. The number of rotatable bonds is 5. The van der Waals surface area contributed by atoms with Gasteiger partial charge >= 0.3 is 0 Å². The molecule has 5 aromatic rings. The summed E-state index contributed by atoms with van der Waals surface area (Å²) >= 11 is 0. The van der Waals surface area contributed by atoms with Gasteiger partial charge in [0.05, 0.1) is 13.4 Å². The third-order valence-electron chi connectivity index (χ3n) is 6.25. The Morgan fingerprint density at radius 1 is 1.03 bits per heavy atom. The van der Waals surface area contributed by atoms with E-state index in [9.17, 15) is 4.79 Å². The lowest BCUT2D eigenvalue weighted by Gasteiger charge is -2.13. The summed E-state index contributed by atoms with van der Waals surface area (Å²) in [5, 5.41) is 6.17. The molecule has 1 N–H and O–H groups in total. The van der Waals surface area contributed by atoms with Crippen molar-refractivity contribution in [1.82, 2.24) is 4.98 Å². The molecule has 2 heterocycles. The van der Waals surface area contributed by atoms with Crippen LogP contribution in [-0.4, -0.2) is 18.0 Å². The van der Waals surface area contributed by atoms with Crippen LogP contribution in [0.1, 0.15) is 23.6 Å². The largest absolute Gasteiger partial charge is 0.496 e. The summed E-state index contributed by atoms with van der Waals surface area (Å²) in [4.78, 5) is 16.9. The first-order valence-electron chi connectivity index (χ1n) is 11.4. The van der Waals surface area contributed by atoms with E-state index in [0.717, 1.165) is 44.4 Å². The lowest BCUT2D eigenvalue weighted by atomic mass is 9.95. The molecule has 5 heteroatoms. The molecule has 35 heavy (non-hydrogen) atoms. The van der Waals surface area contributed by atoms with Gasteiger partial charge in [0.2, 0.25) is 5.91 Å². The third-order valence-corrected chi connectivity index (χ3v) is 6.25. The molecule has 2 aromatic heterocycles. The van der Waals surface area contributed by atoms with Crippen molar-refractivity contribution in [1.29, 1.82) is 0 Å². The highest BCUT2D eigenvalue weighted by molar-refractivity contribution is 6.06. The number of anilines is 1. The topological polar surface area (TPSA) is 64.4 Å². The highest BCUT2D eigenvalue weighted by Gasteiger charge is 2.19. The summed E-state index contributed by atoms with van der Waals surface area (Å²) in [5.74, 6) is 0.959. The zero-order valence-electron chi connectivity index (χ0n) is 20.2. The highest BCUT2D eigenvalue weighted by Crippen LogP contribution is 2.41. The van der Waals surface area contributed by atoms with Crippen LogP contribution in [0.25, 0.3) is 38.4 Å². The van der Waals surface area contributed by atoms with Crippen molar-refractivity contribution in [3.8, 4) is 16.9 Å². The molecular weight excluding hydrogens is 436 g/mol. The number of carbonyl (C=O) groups excluding carboxylic acids is 1. The first kappa shape index (κ1) is 22.4. The number of carbonyl (C=O) groups is 1. The predicted molar refractivity (Wildman–Crippen MR) is 142 cm³/mol. The summed E-state index contributed by atoms with van der Waals surface area (Å²) in [6.07, 6.45) is 5.04. The predicted octanol–water partition coefficient (Wildman–Crippen LogP) is 7.32. The van der Waals surface area contributed by atoms with Gasteiger partial charge in [-0.15, -0.1) is 0 Å². The van der Waals surface area contributed by atoms with E-state index >= 15 is 0 Å². The molecule has 0 saturated carbocycles. The molecular formula is C30H26N2O3. The van der Waals surface area contributed by atoms with E-state index in [-0.39, 0.29) is 5.91 Å². The van der Waals surface area contributed by atoms with Crippen molar-refractivity contribution < 1.29 is 13.9 Å². The molecule has 5 rings (SSSR count). The Kier molecular flexibility index (Phi) is 5.83. The molecule has 0 aliphatic rings. The van der Waals surface area contributed by atoms with Gasteiger partial charge in [-0.05, 0) is 72.5 Å². The molecule has 174 valence electrons. The van der Waals surface area contributed by atoms with Gasteiger partial charge in [-0.3, -0.25) is 4.79 Å². The summed E-state index contributed by atoms with van der Waals surface area (Å²) in [6.45, 7) is 5.84. The SMILES string of the molecule is COc1c(/C(C)=C/C(=O)Nc2cc(C)ccn2)cc2c(-c3ccc4ccccc4c3)coc2c1C. The van der Waals surface area contributed by atoms with Crippen LogP contribution in [-0.2, 0) is 4.79 Å². The Bertz CT molecular complexity index is 1610. The van der Waals surface area contributed by atoms with E-state index in [2.05, 4.69) is 40.6 Å². The Morgan fingerprint density at radius 3 is 2.60 bits per heavy atom. The van der Waals surface area contributed by atoms with Gasteiger partial charge in [0.25, 0.3) is 0 Å². The number of allylic oxidation sites excluding steroid dienone is 1. The van der Waals surface area contributed by atoms with Crippen molar-refractivity contribution in [3.05, 3.63) is 95.9 Å². The van der Waals surface area contributed by atoms with Gasteiger partial charge in [0.15, 0.2) is 0 Å². The van der Waals surface area contributed by atoms with Crippen LogP contribution in [0.3, 0.4) is 0 Å². The molecule has 0 radical (unpaired) electrons. The number of nitrogens with one attached hydrogen (secondary N) is 1. The molecule has 0 unspecified atom stereocenters. The molecule has 5 nitrogen and oxygen atoms in total. The Hall–Kier alpha value is -4.38. The number of pyridine rings is 1. The van der Waals surface area contributed by atoms with Gasteiger partial charge in [0, 0.05) is 34.3 Å². The zero-order chi connectivity index (χ0) is 24.5. The van der Waals surface area contributed by atoms with E-state index in [1.165, 1.54) is 10.8 Å². The second kappa shape index (κ2) is 9.11. The van der Waals surface area contributed by atoms with Crippen molar-refractivity contribution in [2.75, 3.05) is 12.4 Å². The van der Waals surface area contributed by atoms with Gasteiger partial charge in [-0.25, -0.2) is 4.98 Å². The smallest absolute Gasteiger partial charge is 0.249 e. The van der Waals surface area contributed by atoms with Crippen LogP contribution in [0.4, 0.5) is 5.82 Å². The maximum atomic E-state index is 12.7. The number of amides is 1. The molecule has 0 bridgehead atoms. The van der Waals surface area contributed by atoms with E-state index in [0.29, 0.717) is 11.6 Å². The molecule has 0 fully saturated rings. The minimum Gasteiger partial charge on any atom is -0.496 e. The van der Waals surface area contributed by atoms with Gasteiger partial charge in [-0.1, -0.05) is 36.4 Å². The van der Waals surface area contributed by atoms with Gasteiger partial charge in [-0.2, -0.15) is 0 Å². The molecule has 3 aromatic carbocycles. The van der Waals surface area contributed by atoms with Crippen LogP contribution in [0.2, 0.25) is 0 Å². The number of benzene rings is 3. The fourth-order valence-electron chi connectivity index (χ4n) is 4.49. The molecule has 0 aliphatic carbocycles. The quantitative estimate of drug-likeness (QED) is 0.278. The minimum atomic E-state index is -0.248. The van der Waals surface area contributed by atoms with Crippen LogP contribution in [0.15, 0.2) is 83.6 Å². The highest BCUT2D eigenvalue weighted by atomic mass is 16.5. The summed E-state index contributed by atoms with van der Waals surface area (Å²) in [7, 11) is 1.63. The molecule has 0 aliphatic heterocycles. The monoisotopic (exact) mass is 462 g/mol. The van der Waals surface area contributed by atoms with Crippen LogP contribution in [0.5, 0.6) is 5.75 Å². The first-order valence-corrected chi connectivity index (χ1v) is 11.4. The average molecular weight is 463 g/mol. The number of methoxy groups -OCH3 is 1. The standard InChI is InChI=1S/C30H26N2O3/c1-18-11-12-31-27(13-18)32-28(33)14-19(2)24-16-25-26(17-35-30(25)20(3)29(24)34-4)23-10-9-21-7-5-6-8-22(21)15-23/h5-17H,1-4H3,(H,31,32,33)/b19-14+. The van der Waals surface area contributed by atoms with Crippen molar-refractivity contribution in [2.45, 2.75) is 20.8 Å². The van der Waals surface area contributed by atoms with Crippen molar-refractivity contribution in [2.24, 2.45) is 0 Å². The van der Waals surface area contributed by atoms with Crippen LogP contribution >= 0.6 is 0 Å². The lowest BCUT2D eigenvalue weighted by Crippen LogP contribution is -2.10. The number of fused-ring (bicyclic) bond motifs is 2. The number of hydrogen-bond acceptors (Lipinski definition) is 4. The van der Waals surface area contributed by atoms with Crippen LogP contribution < -0.4 is 10.1 Å². The maximum absolute atomic E-state index is 12.7. The number of aryl methyl sites for hydroxylation is 2. The van der Waals surface area contributed by atoms with Crippen LogP contribution in [0, 0.1) is 13.8 Å². The minimum absolute atomic E-state index is 0.248. The van der Waals surface area contributed by atoms with Gasteiger partial charge < -0.3 is 14.5 Å². The maximum Gasteiger partial charge on any atom is 0.249 e. The Labute approximate surface area is 204 Å². The molecule has 0 saturated heterocycles. The van der Waals surface area contributed by atoms with E-state index in [1.807, 2.05) is 51.1 Å². The zero-order valence-corrected chi connectivity index (χ0v) is 20.2. The second-order valence-corrected chi connectivity index (χ2v) is 8.71. The van der Waals surface area contributed by atoms with Crippen molar-refractivity contribution >= 4 is 39.0 Å². The normalized spacial score (nSPS) is 11.7. The van der Waals surface area contributed by atoms with E-state index < -0.39 is 0 Å². The number of aromatic nitrogens is 1. The third kappa shape index (κ3) is 4.28. The number of hydrogen-bond donors (Lipinski definition) is 1. The lowest BCUT2D eigenvalue weighted by molar-refractivity contribution is -0.111. The fraction of sp³-hybridized carbons (Fsp3) is 0.133. The summed E-state index contributed by atoms with van der Waals surface area (Å²) in [6, 6.07) is 20.4. The Morgan fingerprint density at radius 2 is 1.83 bits per heavy atom. The second-order valence-electron chi connectivity index (χ2n) is 8.71. The fourth-order valence-corrected chi connectivity index (χ4v) is 4.49. The average Bonchev–Trinajstić information content (AvgIpc) is 3.28. The molecule has 1 amide bonds. The van der Waals surface area contributed by atoms with E-state index in [1.54, 1.807) is 25.6 Å². The number of nitrogens with zero attached hydrogens (tertiary/aromatic N) is 1. The van der Waals surface area contributed by atoms with Crippen molar-refractivity contribution in [3.63, 3.8) is 0 Å². The Balaban J connectivity index is 1.58.